The van der Waals surface area contributed by atoms with Crippen LogP contribution in [0.15, 0.2) is 48.0 Å². The van der Waals surface area contributed by atoms with Gasteiger partial charge in [0.15, 0.2) is 5.75 Å². The average molecular weight is 390 g/mol. The number of carbonyl (C=O) groups is 1. The quantitative estimate of drug-likeness (QED) is 0.507. The summed E-state index contributed by atoms with van der Waals surface area (Å²) >= 11 is 7.83. The molecule has 7 nitrogen and oxygen atoms in total. The molecule has 9 heteroatoms. The largest absolute Gasteiger partial charge is 0.493 e. The van der Waals surface area contributed by atoms with Gasteiger partial charge in [0.1, 0.15) is 5.01 Å². The van der Waals surface area contributed by atoms with Gasteiger partial charge in [-0.25, -0.2) is 4.98 Å². The fourth-order valence-electron chi connectivity index (χ4n) is 2.33. The lowest BCUT2D eigenvalue weighted by molar-refractivity contribution is -0.384. The number of benzene rings is 2. The molecule has 0 aliphatic carbocycles. The highest BCUT2D eigenvalue weighted by atomic mass is 35.5. The van der Waals surface area contributed by atoms with Crippen LogP contribution in [-0.4, -0.2) is 22.9 Å². The van der Waals surface area contributed by atoms with E-state index in [4.69, 9.17) is 16.3 Å². The van der Waals surface area contributed by atoms with Crippen molar-refractivity contribution in [2.75, 3.05) is 12.4 Å². The molecule has 1 aromatic heterocycles. The van der Waals surface area contributed by atoms with E-state index in [-0.39, 0.29) is 17.0 Å². The first-order chi connectivity index (χ1) is 12.5. The van der Waals surface area contributed by atoms with Crippen LogP contribution >= 0.6 is 22.9 Å². The molecule has 0 aliphatic rings. The second-order valence-corrected chi connectivity index (χ2v) is 6.38. The van der Waals surface area contributed by atoms with Gasteiger partial charge in [-0.3, -0.25) is 14.9 Å². The number of nitro groups is 1. The number of nitro benzene ring substituents is 1. The van der Waals surface area contributed by atoms with Crippen molar-refractivity contribution in [3.8, 4) is 16.3 Å². The number of nitrogens with one attached hydrogen (secondary N) is 1. The molecule has 26 heavy (non-hydrogen) atoms. The highest BCUT2D eigenvalue weighted by molar-refractivity contribution is 7.13. The third-order valence-corrected chi connectivity index (χ3v) is 4.71. The van der Waals surface area contributed by atoms with E-state index in [1.54, 1.807) is 18.3 Å². The number of ether oxygens (including phenoxy) is 1. The molecule has 0 fully saturated rings. The maximum atomic E-state index is 12.4. The zero-order chi connectivity index (χ0) is 18.7. The van der Waals surface area contributed by atoms with Gasteiger partial charge in [-0.1, -0.05) is 17.7 Å². The van der Waals surface area contributed by atoms with Gasteiger partial charge in [0.2, 0.25) is 0 Å². The van der Waals surface area contributed by atoms with Crippen molar-refractivity contribution in [2.24, 2.45) is 0 Å². The van der Waals surface area contributed by atoms with E-state index in [0.717, 1.165) is 5.01 Å². The molecule has 0 bridgehead atoms. The maximum Gasteiger partial charge on any atom is 0.270 e. The van der Waals surface area contributed by atoms with Crippen LogP contribution in [-0.2, 0) is 0 Å². The zero-order valence-corrected chi connectivity index (χ0v) is 15.0. The van der Waals surface area contributed by atoms with E-state index in [9.17, 15) is 14.9 Å². The van der Waals surface area contributed by atoms with Crippen LogP contribution in [0.5, 0.6) is 5.75 Å². The molecule has 3 aromatic rings. The Hall–Kier alpha value is -2.97. The number of amides is 1. The topological polar surface area (TPSA) is 94.4 Å². The first-order valence-corrected chi connectivity index (χ1v) is 8.59. The third kappa shape index (κ3) is 3.51. The fraction of sp³-hybridized carbons (Fsp3) is 0.0588. The number of aromatic nitrogens is 1. The van der Waals surface area contributed by atoms with Crippen molar-refractivity contribution in [3.63, 3.8) is 0 Å². The van der Waals surface area contributed by atoms with Crippen LogP contribution in [0.2, 0.25) is 5.02 Å². The number of thiazole rings is 1. The van der Waals surface area contributed by atoms with Crippen LogP contribution in [0.1, 0.15) is 10.4 Å². The summed E-state index contributed by atoms with van der Waals surface area (Å²) in [5.74, 6) is -0.219. The summed E-state index contributed by atoms with van der Waals surface area (Å²) in [6.07, 6.45) is 1.67. The number of halogens is 1. The number of rotatable bonds is 5. The van der Waals surface area contributed by atoms with Crippen LogP contribution in [0, 0.1) is 10.1 Å². The van der Waals surface area contributed by atoms with Gasteiger partial charge in [0, 0.05) is 34.8 Å². The molecule has 0 spiro atoms. The van der Waals surface area contributed by atoms with E-state index in [1.807, 2.05) is 5.38 Å². The number of methoxy groups -OCH3 is 1. The molecular weight excluding hydrogens is 378 g/mol. The van der Waals surface area contributed by atoms with E-state index < -0.39 is 10.8 Å². The zero-order valence-electron chi connectivity index (χ0n) is 13.4. The Labute approximate surface area is 157 Å². The molecule has 1 N–H and O–H groups in total. The minimum atomic E-state index is -0.558. The molecule has 0 atom stereocenters. The van der Waals surface area contributed by atoms with Crippen molar-refractivity contribution < 1.29 is 14.5 Å². The Bertz CT molecular complexity index is 976. The minimum Gasteiger partial charge on any atom is -0.493 e. The van der Waals surface area contributed by atoms with Gasteiger partial charge in [0.25, 0.3) is 11.6 Å². The SMILES string of the molecule is COc1c(NC(=O)c2cccc([N+](=O)[O-])c2)ccc(-c2nccs2)c1Cl. The Balaban J connectivity index is 1.92. The summed E-state index contributed by atoms with van der Waals surface area (Å²) in [6.45, 7) is 0. The highest BCUT2D eigenvalue weighted by Crippen LogP contribution is 2.41. The van der Waals surface area contributed by atoms with E-state index in [2.05, 4.69) is 10.3 Å². The summed E-state index contributed by atoms with van der Waals surface area (Å²) in [5, 5.41) is 16.4. The molecular formula is C17H12ClN3O4S. The second kappa shape index (κ2) is 7.51. The molecule has 132 valence electrons. The van der Waals surface area contributed by atoms with Gasteiger partial charge in [-0.05, 0) is 18.2 Å². The summed E-state index contributed by atoms with van der Waals surface area (Å²) in [7, 11) is 1.44. The molecule has 0 saturated heterocycles. The lowest BCUT2D eigenvalue weighted by atomic mass is 10.1. The molecule has 3 rings (SSSR count). The third-order valence-electron chi connectivity index (χ3n) is 3.53. The second-order valence-electron chi connectivity index (χ2n) is 5.11. The van der Waals surface area contributed by atoms with Crippen molar-refractivity contribution in [2.45, 2.75) is 0 Å². The van der Waals surface area contributed by atoms with Gasteiger partial charge >= 0.3 is 0 Å². The van der Waals surface area contributed by atoms with E-state index in [1.165, 1.54) is 42.7 Å². The Kier molecular flexibility index (Phi) is 5.15. The monoisotopic (exact) mass is 389 g/mol. The summed E-state index contributed by atoms with van der Waals surface area (Å²) in [4.78, 5) is 27.0. The molecule has 1 heterocycles. The average Bonchev–Trinajstić information content (AvgIpc) is 3.16. The van der Waals surface area contributed by atoms with E-state index >= 15 is 0 Å². The van der Waals surface area contributed by atoms with Crippen LogP contribution in [0.4, 0.5) is 11.4 Å². The number of hydrogen-bond acceptors (Lipinski definition) is 6. The van der Waals surface area contributed by atoms with Crippen LogP contribution in [0.3, 0.4) is 0 Å². The molecule has 1 amide bonds. The predicted molar refractivity (Wildman–Crippen MR) is 100 cm³/mol. The van der Waals surface area contributed by atoms with Gasteiger partial charge in [0.05, 0.1) is 22.7 Å². The smallest absolute Gasteiger partial charge is 0.270 e. The molecule has 0 radical (unpaired) electrons. The molecule has 0 saturated carbocycles. The Morgan fingerprint density at radius 2 is 2.15 bits per heavy atom. The lowest BCUT2D eigenvalue weighted by Gasteiger charge is -2.14. The lowest BCUT2D eigenvalue weighted by Crippen LogP contribution is -2.13. The number of non-ortho nitro benzene ring substituents is 1. The Morgan fingerprint density at radius 3 is 2.81 bits per heavy atom. The van der Waals surface area contributed by atoms with E-state index in [0.29, 0.717) is 16.3 Å². The van der Waals surface area contributed by atoms with Crippen molar-refractivity contribution in [3.05, 3.63) is 68.7 Å². The minimum absolute atomic E-state index is 0.154. The number of hydrogen-bond donors (Lipinski definition) is 1. The molecule has 0 unspecified atom stereocenters. The first kappa shape index (κ1) is 17.8. The summed E-state index contributed by atoms with van der Waals surface area (Å²) in [6, 6.07) is 8.83. The molecule has 2 aromatic carbocycles. The van der Waals surface area contributed by atoms with Gasteiger partial charge < -0.3 is 10.1 Å². The normalized spacial score (nSPS) is 10.4. The number of carbonyl (C=O) groups excluding carboxylic acids is 1. The Morgan fingerprint density at radius 1 is 1.35 bits per heavy atom. The summed E-state index contributed by atoms with van der Waals surface area (Å²) in [5.41, 5.74) is 1.03. The van der Waals surface area contributed by atoms with Crippen molar-refractivity contribution in [1.82, 2.24) is 4.98 Å². The fourth-order valence-corrected chi connectivity index (χ4v) is 3.39. The van der Waals surface area contributed by atoms with Gasteiger partial charge in [-0.2, -0.15) is 0 Å². The van der Waals surface area contributed by atoms with Crippen molar-refractivity contribution in [1.29, 1.82) is 0 Å². The summed E-state index contributed by atoms with van der Waals surface area (Å²) < 4.78 is 5.34. The van der Waals surface area contributed by atoms with Crippen LogP contribution < -0.4 is 10.1 Å². The van der Waals surface area contributed by atoms with Gasteiger partial charge in [-0.15, -0.1) is 11.3 Å². The maximum absolute atomic E-state index is 12.4. The standard InChI is InChI=1S/C17H12ClN3O4S/c1-25-15-13(6-5-12(14(15)18)17-19-7-8-26-17)20-16(22)10-3-2-4-11(9-10)21(23)24/h2-9H,1H3,(H,20,22). The van der Waals surface area contributed by atoms with Crippen LogP contribution in [0.25, 0.3) is 10.6 Å². The first-order valence-electron chi connectivity index (χ1n) is 7.33. The predicted octanol–water partition coefficient (Wildman–Crippen LogP) is 4.63. The number of nitrogens with zero attached hydrogens (tertiary/aromatic N) is 2. The van der Waals surface area contributed by atoms with Crippen molar-refractivity contribution >= 4 is 40.2 Å². The highest BCUT2D eigenvalue weighted by Gasteiger charge is 2.18. The number of anilines is 1. The molecule has 0 aliphatic heterocycles.